The van der Waals surface area contributed by atoms with Crippen molar-refractivity contribution in [3.8, 4) is 33.4 Å². The van der Waals surface area contributed by atoms with Gasteiger partial charge in [0, 0.05) is 27.9 Å². The monoisotopic (exact) mass is 755 g/mol. The topological polar surface area (TPSA) is 3.24 Å². The van der Waals surface area contributed by atoms with Gasteiger partial charge in [0.15, 0.2) is 0 Å². The van der Waals surface area contributed by atoms with Gasteiger partial charge in [-0.1, -0.05) is 208 Å². The highest BCUT2D eigenvalue weighted by Crippen LogP contribution is 2.59. The van der Waals surface area contributed by atoms with Crippen LogP contribution >= 0.6 is 0 Å². The normalized spacial score (nSPS) is 15.5. The lowest BCUT2D eigenvalue weighted by Gasteiger charge is -2.38. The highest BCUT2D eigenvalue weighted by Gasteiger charge is 2.48. The third-order valence-electron chi connectivity index (χ3n) is 13.3. The molecule has 0 bridgehead atoms. The Balaban J connectivity index is 1.21. The average Bonchev–Trinajstić information content (AvgIpc) is 3.73. The van der Waals surface area contributed by atoms with E-state index in [1.165, 1.54) is 95.0 Å². The molecule has 0 aliphatic heterocycles. The molecule has 0 atom stereocenters. The molecule has 3 aliphatic rings. The van der Waals surface area contributed by atoms with E-state index in [1.807, 2.05) is 0 Å². The van der Waals surface area contributed by atoms with Gasteiger partial charge in [-0.3, -0.25) is 0 Å². The standard InChI is InChI=1S/C58H45N/c1-57(2)52-32-17-15-28-48(52)50-36-34-45(39-55(50)57)59(56-46(40-20-7-3-8-21-40)30-19-31-47(56)41-22-9-4-10-23-41)44-35-37-54-51(38-44)49-29-16-18-33-53(49)58(54,42-24-11-5-12-25-42)43-26-13-6-14-27-43/h3-34,36,38-39H,35,37H2,1-2H3. The van der Waals surface area contributed by atoms with Crippen LogP contribution < -0.4 is 4.90 Å². The van der Waals surface area contributed by atoms with Crippen molar-refractivity contribution in [1.29, 1.82) is 0 Å². The van der Waals surface area contributed by atoms with E-state index in [0.717, 1.165) is 12.8 Å². The molecule has 0 saturated heterocycles. The van der Waals surface area contributed by atoms with Crippen LogP contribution in [-0.4, -0.2) is 0 Å². The zero-order valence-electron chi connectivity index (χ0n) is 33.6. The fourth-order valence-corrected chi connectivity index (χ4v) is 10.7. The first-order valence-electron chi connectivity index (χ1n) is 21.0. The number of para-hydroxylation sites is 1. The lowest BCUT2D eigenvalue weighted by atomic mass is 9.65. The predicted octanol–water partition coefficient (Wildman–Crippen LogP) is 14.9. The van der Waals surface area contributed by atoms with Crippen LogP contribution in [0.15, 0.2) is 224 Å². The van der Waals surface area contributed by atoms with E-state index >= 15 is 0 Å². The summed E-state index contributed by atoms with van der Waals surface area (Å²) in [5, 5.41) is 0. The molecule has 8 aromatic rings. The molecule has 1 heteroatoms. The van der Waals surface area contributed by atoms with E-state index in [2.05, 4.69) is 231 Å². The molecule has 59 heavy (non-hydrogen) atoms. The van der Waals surface area contributed by atoms with Crippen molar-refractivity contribution in [2.45, 2.75) is 37.5 Å². The van der Waals surface area contributed by atoms with E-state index in [9.17, 15) is 0 Å². The summed E-state index contributed by atoms with van der Waals surface area (Å²) >= 11 is 0. The number of hydrogen-bond donors (Lipinski definition) is 0. The maximum absolute atomic E-state index is 2.63. The first-order chi connectivity index (χ1) is 29.0. The van der Waals surface area contributed by atoms with Crippen molar-refractivity contribution >= 4 is 16.9 Å². The summed E-state index contributed by atoms with van der Waals surface area (Å²) in [6, 6.07) is 76.5. The second kappa shape index (κ2) is 13.9. The van der Waals surface area contributed by atoms with Crippen LogP contribution in [0.5, 0.6) is 0 Å². The fraction of sp³-hybridized carbons (Fsp3) is 0.103. The summed E-state index contributed by atoms with van der Waals surface area (Å²) in [5.74, 6) is 0. The van der Waals surface area contributed by atoms with Crippen LogP contribution in [0.2, 0.25) is 0 Å². The maximum atomic E-state index is 2.63. The first kappa shape index (κ1) is 35.2. The van der Waals surface area contributed by atoms with Gasteiger partial charge in [0.25, 0.3) is 0 Å². The quantitative estimate of drug-likeness (QED) is 0.157. The Morgan fingerprint density at radius 2 is 0.898 bits per heavy atom. The summed E-state index contributed by atoms with van der Waals surface area (Å²) in [6.45, 7) is 4.77. The molecule has 3 aliphatic carbocycles. The van der Waals surface area contributed by atoms with Crippen LogP contribution in [-0.2, 0) is 10.8 Å². The van der Waals surface area contributed by atoms with E-state index < -0.39 is 0 Å². The molecule has 0 N–H and O–H groups in total. The molecular weight excluding hydrogens is 711 g/mol. The number of anilines is 2. The smallest absolute Gasteiger partial charge is 0.0676 e. The third kappa shape index (κ3) is 5.38. The molecule has 11 rings (SSSR count). The maximum Gasteiger partial charge on any atom is 0.0676 e. The molecular formula is C58H45N. The molecule has 0 spiro atoms. The minimum absolute atomic E-state index is 0.138. The van der Waals surface area contributed by atoms with Crippen molar-refractivity contribution in [1.82, 2.24) is 0 Å². The lowest BCUT2D eigenvalue weighted by Crippen LogP contribution is -2.31. The summed E-state index contributed by atoms with van der Waals surface area (Å²) in [6.07, 6.45) is 4.35. The molecule has 0 amide bonds. The van der Waals surface area contributed by atoms with Crippen LogP contribution in [0.4, 0.5) is 11.4 Å². The van der Waals surface area contributed by atoms with Gasteiger partial charge < -0.3 is 4.90 Å². The van der Waals surface area contributed by atoms with E-state index in [4.69, 9.17) is 0 Å². The number of fused-ring (bicyclic) bond motifs is 5. The Morgan fingerprint density at radius 1 is 0.407 bits per heavy atom. The molecule has 0 saturated carbocycles. The molecule has 0 fully saturated rings. The SMILES string of the molecule is CC1(C)c2ccccc2-c2ccc(N(C3=CC4=C(CC3)C(c3ccccc3)(c3ccccc3)c3ccccc34)c3c(-c4ccccc4)cccc3-c3ccccc3)cc21. The summed E-state index contributed by atoms with van der Waals surface area (Å²) in [4.78, 5) is 2.63. The minimum Gasteiger partial charge on any atom is -0.313 e. The number of hydrogen-bond acceptors (Lipinski definition) is 1. The number of nitrogens with zero attached hydrogens (tertiary/aromatic N) is 1. The Bertz CT molecular complexity index is 2840. The largest absolute Gasteiger partial charge is 0.313 e. The average molecular weight is 756 g/mol. The van der Waals surface area contributed by atoms with Crippen molar-refractivity contribution in [2.24, 2.45) is 0 Å². The van der Waals surface area contributed by atoms with E-state index in [-0.39, 0.29) is 10.8 Å². The molecule has 8 aromatic carbocycles. The van der Waals surface area contributed by atoms with Crippen molar-refractivity contribution in [2.75, 3.05) is 4.90 Å². The molecule has 0 heterocycles. The molecule has 0 unspecified atom stereocenters. The third-order valence-corrected chi connectivity index (χ3v) is 13.3. The molecule has 0 radical (unpaired) electrons. The zero-order chi connectivity index (χ0) is 39.6. The highest BCUT2D eigenvalue weighted by molar-refractivity contribution is 5.98. The number of benzene rings is 8. The van der Waals surface area contributed by atoms with Crippen LogP contribution in [0.25, 0.3) is 39.0 Å². The molecule has 0 aromatic heterocycles. The Labute approximate surface area is 348 Å². The summed E-state index contributed by atoms with van der Waals surface area (Å²) in [7, 11) is 0. The summed E-state index contributed by atoms with van der Waals surface area (Å²) in [5.41, 5.74) is 21.6. The number of allylic oxidation sites excluding steroid dienone is 4. The zero-order valence-corrected chi connectivity index (χ0v) is 33.6. The molecule has 282 valence electrons. The second-order valence-corrected chi connectivity index (χ2v) is 16.7. The van der Waals surface area contributed by atoms with Gasteiger partial charge >= 0.3 is 0 Å². The van der Waals surface area contributed by atoms with Gasteiger partial charge in [0.1, 0.15) is 0 Å². The Morgan fingerprint density at radius 3 is 1.51 bits per heavy atom. The number of rotatable bonds is 7. The minimum atomic E-state index is -0.387. The molecule has 1 nitrogen and oxygen atoms in total. The van der Waals surface area contributed by atoms with Crippen LogP contribution in [0.3, 0.4) is 0 Å². The van der Waals surface area contributed by atoms with Gasteiger partial charge in [-0.25, -0.2) is 0 Å². The van der Waals surface area contributed by atoms with Gasteiger partial charge in [-0.2, -0.15) is 0 Å². The van der Waals surface area contributed by atoms with Crippen molar-refractivity contribution in [3.63, 3.8) is 0 Å². The van der Waals surface area contributed by atoms with Gasteiger partial charge in [-0.05, 0) is 97.8 Å². The van der Waals surface area contributed by atoms with Gasteiger partial charge in [0.05, 0.1) is 11.1 Å². The predicted molar refractivity (Wildman–Crippen MR) is 247 cm³/mol. The fourth-order valence-electron chi connectivity index (χ4n) is 10.7. The van der Waals surface area contributed by atoms with E-state index in [1.54, 1.807) is 0 Å². The van der Waals surface area contributed by atoms with Crippen molar-refractivity contribution in [3.05, 3.63) is 257 Å². The lowest BCUT2D eigenvalue weighted by molar-refractivity contribution is 0.660. The highest BCUT2D eigenvalue weighted by atomic mass is 15.2. The van der Waals surface area contributed by atoms with Crippen molar-refractivity contribution < 1.29 is 0 Å². The Kier molecular flexibility index (Phi) is 8.27. The Hall–Kier alpha value is -6.96. The second-order valence-electron chi connectivity index (χ2n) is 16.7. The van der Waals surface area contributed by atoms with Gasteiger partial charge in [-0.15, -0.1) is 0 Å². The van der Waals surface area contributed by atoms with Gasteiger partial charge in [0.2, 0.25) is 0 Å². The summed E-state index contributed by atoms with van der Waals surface area (Å²) < 4.78 is 0. The van der Waals surface area contributed by atoms with Crippen LogP contribution in [0, 0.1) is 0 Å². The first-order valence-corrected chi connectivity index (χ1v) is 21.0. The van der Waals surface area contributed by atoms with E-state index in [0.29, 0.717) is 0 Å². The van der Waals surface area contributed by atoms with Crippen LogP contribution in [0.1, 0.15) is 60.1 Å².